The van der Waals surface area contributed by atoms with Crippen LogP contribution in [0.1, 0.15) is 57.3 Å². The predicted octanol–water partition coefficient (Wildman–Crippen LogP) is 3.41. The van der Waals surface area contributed by atoms with E-state index in [1.165, 1.54) is 0 Å². The van der Waals surface area contributed by atoms with Crippen LogP contribution < -0.4 is 14.8 Å². The van der Waals surface area contributed by atoms with E-state index in [2.05, 4.69) is 14.7 Å². The first-order valence-electron chi connectivity index (χ1n) is 10.1. The summed E-state index contributed by atoms with van der Waals surface area (Å²) in [5.74, 6) is 1.89. The maximum Gasteiger partial charge on any atom is 0.248 e. The molecule has 1 aromatic heterocycles. The fourth-order valence-electron chi connectivity index (χ4n) is 3.42. The van der Waals surface area contributed by atoms with E-state index in [1.807, 2.05) is 39.0 Å². The number of amides is 2. The standard InChI is InChI=1S/C21H28N4O4S/c1-6-29-17-9-14(7-8-16(17)28-5)15-10-18(26)25(11-15)13(4)20(27)23-21-22-19(12(2)3)24-30-21/h7-9,12-13,15H,6,10-11H2,1-5H3,(H,22,23,24,27)/t13-,15+/m0/s1. The van der Waals surface area contributed by atoms with E-state index in [1.54, 1.807) is 18.9 Å². The second-order valence-electron chi connectivity index (χ2n) is 7.57. The summed E-state index contributed by atoms with van der Waals surface area (Å²) in [6, 6.07) is 5.12. The average Bonchev–Trinajstić information content (AvgIpc) is 3.34. The third kappa shape index (κ3) is 4.72. The van der Waals surface area contributed by atoms with E-state index in [4.69, 9.17) is 9.47 Å². The number of hydrogen-bond acceptors (Lipinski definition) is 7. The van der Waals surface area contributed by atoms with Gasteiger partial charge in [-0.25, -0.2) is 4.98 Å². The summed E-state index contributed by atoms with van der Waals surface area (Å²) >= 11 is 1.15. The molecule has 0 aliphatic carbocycles. The van der Waals surface area contributed by atoms with Crippen LogP contribution in [0.15, 0.2) is 18.2 Å². The van der Waals surface area contributed by atoms with Crippen molar-refractivity contribution < 1.29 is 19.1 Å². The number of nitrogens with one attached hydrogen (secondary N) is 1. The third-order valence-corrected chi connectivity index (χ3v) is 5.80. The Bertz CT molecular complexity index is 914. The highest BCUT2D eigenvalue weighted by Gasteiger charge is 2.36. The van der Waals surface area contributed by atoms with Crippen LogP contribution in [0.3, 0.4) is 0 Å². The van der Waals surface area contributed by atoms with Crippen molar-refractivity contribution in [3.8, 4) is 11.5 Å². The summed E-state index contributed by atoms with van der Waals surface area (Å²) in [6.07, 6.45) is 0.353. The van der Waals surface area contributed by atoms with Gasteiger partial charge in [-0.15, -0.1) is 0 Å². The molecule has 30 heavy (non-hydrogen) atoms. The van der Waals surface area contributed by atoms with Crippen LogP contribution in [0.2, 0.25) is 0 Å². The quantitative estimate of drug-likeness (QED) is 0.687. The smallest absolute Gasteiger partial charge is 0.248 e. The first-order chi connectivity index (χ1) is 14.3. The van der Waals surface area contributed by atoms with Crippen molar-refractivity contribution in [3.05, 3.63) is 29.6 Å². The van der Waals surface area contributed by atoms with Gasteiger partial charge in [-0.05, 0) is 31.5 Å². The molecule has 0 saturated carbocycles. The number of likely N-dealkylation sites (tertiary alicyclic amines) is 1. The Labute approximate surface area is 180 Å². The molecule has 1 aliphatic heterocycles. The minimum absolute atomic E-state index is 0.00747. The molecule has 9 heteroatoms. The van der Waals surface area contributed by atoms with E-state index in [0.717, 1.165) is 17.1 Å². The van der Waals surface area contributed by atoms with Crippen molar-refractivity contribution in [2.75, 3.05) is 25.6 Å². The normalized spacial score (nSPS) is 17.3. The van der Waals surface area contributed by atoms with Gasteiger partial charge >= 0.3 is 0 Å². The van der Waals surface area contributed by atoms with Gasteiger partial charge in [-0.2, -0.15) is 4.37 Å². The zero-order chi connectivity index (χ0) is 21.8. The van der Waals surface area contributed by atoms with Crippen molar-refractivity contribution in [1.29, 1.82) is 0 Å². The Morgan fingerprint density at radius 3 is 2.73 bits per heavy atom. The molecule has 3 rings (SSSR count). The second kappa shape index (κ2) is 9.42. The molecule has 0 radical (unpaired) electrons. The van der Waals surface area contributed by atoms with Crippen LogP contribution in [0, 0.1) is 0 Å². The monoisotopic (exact) mass is 432 g/mol. The number of anilines is 1. The topological polar surface area (TPSA) is 93.7 Å². The van der Waals surface area contributed by atoms with Gasteiger partial charge in [0.05, 0.1) is 13.7 Å². The summed E-state index contributed by atoms with van der Waals surface area (Å²) < 4.78 is 15.2. The van der Waals surface area contributed by atoms with Crippen molar-refractivity contribution in [3.63, 3.8) is 0 Å². The Balaban J connectivity index is 1.68. The molecule has 162 valence electrons. The summed E-state index contributed by atoms with van der Waals surface area (Å²) in [5.41, 5.74) is 0.994. The van der Waals surface area contributed by atoms with Gasteiger partial charge in [-0.3, -0.25) is 14.9 Å². The molecule has 0 bridgehead atoms. The molecule has 2 heterocycles. The van der Waals surface area contributed by atoms with E-state index >= 15 is 0 Å². The third-order valence-electron chi connectivity index (χ3n) is 5.15. The zero-order valence-corrected chi connectivity index (χ0v) is 18.8. The van der Waals surface area contributed by atoms with Gasteiger partial charge in [0.2, 0.25) is 16.9 Å². The Hall–Kier alpha value is -2.68. The first-order valence-corrected chi connectivity index (χ1v) is 10.9. The van der Waals surface area contributed by atoms with Crippen molar-refractivity contribution >= 4 is 28.5 Å². The number of benzene rings is 1. The lowest BCUT2D eigenvalue weighted by Crippen LogP contribution is -2.42. The van der Waals surface area contributed by atoms with Crippen LogP contribution in [0.25, 0.3) is 0 Å². The van der Waals surface area contributed by atoms with E-state index < -0.39 is 6.04 Å². The minimum Gasteiger partial charge on any atom is -0.493 e. The van der Waals surface area contributed by atoms with Crippen molar-refractivity contribution in [2.45, 2.75) is 52.0 Å². The largest absolute Gasteiger partial charge is 0.493 e. The highest BCUT2D eigenvalue weighted by molar-refractivity contribution is 7.09. The van der Waals surface area contributed by atoms with Gasteiger partial charge in [-0.1, -0.05) is 19.9 Å². The second-order valence-corrected chi connectivity index (χ2v) is 8.32. The number of rotatable bonds is 8. The number of carbonyl (C=O) groups is 2. The summed E-state index contributed by atoms with van der Waals surface area (Å²) in [5, 5.41) is 3.24. The molecular formula is C21H28N4O4S. The van der Waals surface area contributed by atoms with Crippen LogP contribution in [0.4, 0.5) is 5.13 Å². The number of aromatic nitrogens is 2. The molecule has 2 atom stereocenters. The number of methoxy groups -OCH3 is 1. The van der Waals surface area contributed by atoms with Crippen LogP contribution >= 0.6 is 11.5 Å². The predicted molar refractivity (Wildman–Crippen MR) is 115 cm³/mol. The van der Waals surface area contributed by atoms with Crippen LogP contribution in [-0.4, -0.2) is 52.4 Å². The molecular weight excluding hydrogens is 404 g/mol. The van der Waals surface area contributed by atoms with E-state index in [0.29, 0.717) is 42.0 Å². The highest BCUT2D eigenvalue weighted by Crippen LogP contribution is 2.35. The maximum absolute atomic E-state index is 12.7. The van der Waals surface area contributed by atoms with Crippen LogP contribution in [0.5, 0.6) is 11.5 Å². The number of nitrogens with zero attached hydrogens (tertiary/aromatic N) is 3. The number of hydrogen-bond donors (Lipinski definition) is 1. The zero-order valence-electron chi connectivity index (χ0n) is 18.0. The molecule has 1 N–H and O–H groups in total. The summed E-state index contributed by atoms with van der Waals surface area (Å²) in [6.45, 7) is 8.63. The SMILES string of the molecule is CCOc1cc([C@@H]2CC(=O)N([C@@H](C)C(=O)Nc3nc(C(C)C)ns3)C2)ccc1OC. The van der Waals surface area contributed by atoms with Gasteiger partial charge in [0.25, 0.3) is 0 Å². The lowest BCUT2D eigenvalue weighted by Gasteiger charge is -2.23. The maximum atomic E-state index is 12.7. The Morgan fingerprint density at radius 1 is 1.33 bits per heavy atom. The summed E-state index contributed by atoms with van der Waals surface area (Å²) in [4.78, 5) is 31.3. The minimum atomic E-state index is -0.599. The van der Waals surface area contributed by atoms with E-state index in [9.17, 15) is 9.59 Å². The summed E-state index contributed by atoms with van der Waals surface area (Å²) in [7, 11) is 1.60. The molecule has 2 aromatic rings. The van der Waals surface area contributed by atoms with Gasteiger partial charge in [0.15, 0.2) is 11.5 Å². The fraction of sp³-hybridized carbons (Fsp3) is 0.524. The Kier molecular flexibility index (Phi) is 6.91. The first kappa shape index (κ1) is 22.0. The lowest BCUT2D eigenvalue weighted by molar-refractivity contribution is -0.134. The molecule has 1 aliphatic rings. The Morgan fingerprint density at radius 2 is 2.10 bits per heavy atom. The molecule has 1 fully saturated rings. The molecule has 1 saturated heterocycles. The van der Waals surface area contributed by atoms with Gasteiger partial charge < -0.3 is 14.4 Å². The van der Waals surface area contributed by atoms with Gasteiger partial charge in [0.1, 0.15) is 11.9 Å². The highest BCUT2D eigenvalue weighted by atomic mass is 32.1. The average molecular weight is 433 g/mol. The lowest BCUT2D eigenvalue weighted by atomic mass is 9.98. The van der Waals surface area contributed by atoms with Crippen molar-refractivity contribution in [1.82, 2.24) is 14.3 Å². The molecule has 0 unspecified atom stereocenters. The molecule has 1 aromatic carbocycles. The number of ether oxygens (including phenoxy) is 2. The van der Waals surface area contributed by atoms with Crippen molar-refractivity contribution in [2.24, 2.45) is 0 Å². The van der Waals surface area contributed by atoms with E-state index in [-0.39, 0.29) is 23.7 Å². The van der Waals surface area contributed by atoms with Gasteiger partial charge in [0, 0.05) is 36.3 Å². The molecule has 0 spiro atoms. The molecule has 8 nitrogen and oxygen atoms in total. The molecule has 2 amide bonds. The number of carbonyl (C=O) groups excluding carboxylic acids is 2. The van der Waals surface area contributed by atoms with Crippen LogP contribution in [-0.2, 0) is 9.59 Å². The fourth-order valence-corrected chi connectivity index (χ4v) is 4.13.